The molecule has 1 aliphatic carbocycles. The van der Waals surface area contributed by atoms with Gasteiger partial charge in [-0.15, -0.1) is 0 Å². The molecule has 2 rings (SSSR count). The summed E-state index contributed by atoms with van der Waals surface area (Å²) < 4.78 is 6.58. The maximum Gasteiger partial charge on any atom is 0.123 e. The minimum absolute atomic E-state index is 0.396. The van der Waals surface area contributed by atoms with Crippen LogP contribution < -0.4 is 4.74 Å². The van der Waals surface area contributed by atoms with E-state index >= 15 is 0 Å². The van der Waals surface area contributed by atoms with Crippen LogP contribution in [-0.4, -0.2) is 7.11 Å². The van der Waals surface area contributed by atoms with E-state index < -0.39 is 0 Å². The molecule has 0 N–H and O–H groups in total. The molecule has 0 aromatic heterocycles. The van der Waals surface area contributed by atoms with Crippen molar-refractivity contribution in [1.29, 1.82) is 0 Å². The van der Waals surface area contributed by atoms with Crippen LogP contribution in [-0.2, 0) is 0 Å². The SMILES string of the molecule is COc1ccc(Br)cc1C(Br)CC1CCCCC1. The summed E-state index contributed by atoms with van der Waals surface area (Å²) in [6.07, 6.45) is 8.22. The summed E-state index contributed by atoms with van der Waals surface area (Å²) in [4.78, 5) is 0.396. The lowest BCUT2D eigenvalue weighted by molar-refractivity contribution is 0.336. The molecule has 1 atom stereocenters. The molecule has 0 spiro atoms. The Morgan fingerprint density at radius 1 is 1.28 bits per heavy atom. The van der Waals surface area contributed by atoms with Crippen LogP contribution in [0.25, 0.3) is 0 Å². The molecule has 0 saturated heterocycles. The molecule has 0 heterocycles. The minimum atomic E-state index is 0.396. The van der Waals surface area contributed by atoms with Crippen molar-refractivity contribution in [3.05, 3.63) is 28.2 Å². The highest BCUT2D eigenvalue weighted by Gasteiger charge is 2.20. The van der Waals surface area contributed by atoms with E-state index in [1.54, 1.807) is 7.11 Å². The van der Waals surface area contributed by atoms with E-state index in [0.29, 0.717) is 4.83 Å². The average molecular weight is 376 g/mol. The molecule has 1 aliphatic rings. The second-order valence-corrected chi connectivity index (χ2v) is 7.11. The number of ether oxygens (including phenoxy) is 1. The van der Waals surface area contributed by atoms with Crippen LogP contribution in [0.3, 0.4) is 0 Å². The van der Waals surface area contributed by atoms with Gasteiger partial charge in [0.2, 0.25) is 0 Å². The highest BCUT2D eigenvalue weighted by atomic mass is 79.9. The highest BCUT2D eigenvalue weighted by Crippen LogP contribution is 2.40. The number of halogens is 2. The van der Waals surface area contributed by atoms with Gasteiger partial charge in [-0.2, -0.15) is 0 Å². The monoisotopic (exact) mass is 374 g/mol. The number of rotatable bonds is 4. The molecule has 0 radical (unpaired) electrons. The first-order chi connectivity index (χ1) is 8.70. The van der Waals surface area contributed by atoms with Crippen LogP contribution in [0, 0.1) is 5.92 Å². The summed E-state index contributed by atoms with van der Waals surface area (Å²) in [5, 5.41) is 0. The first kappa shape index (κ1) is 14.4. The first-order valence-electron chi connectivity index (χ1n) is 6.68. The normalized spacial score (nSPS) is 18.6. The average Bonchev–Trinajstić information content (AvgIpc) is 2.40. The van der Waals surface area contributed by atoms with Crippen molar-refractivity contribution >= 4 is 31.9 Å². The molecular weight excluding hydrogens is 356 g/mol. The van der Waals surface area contributed by atoms with Gasteiger partial charge in [0.15, 0.2) is 0 Å². The van der Waals surface area contributed by atoms with Crippen molar-refractivity contribution in [2.24, 2.45) is 5.92 Å². The van der Waals surface area contributed by atoms with Crippen LogP contribution in [0.2, 0.25) is 0 Å². The molecule has 1 fully saturated rings. The fourth-order valence-electron chi connectivity index (χ4n) is 2.79. The largest absolute Gasteiger partial charge is 0.496 e. The van der Waals surface area contributed by atoms with Crippen LogP contribution in [0.15, 0.2) is 22.7 Å². The van der Waals surface area contributed by atoms with E-state index in [1.165, 1.54) is 44.1 Å². The highest BCUT2D eigenvalue weighted by molar-refractivity contribution is 9.10. The van der Waals surface area contributed by atoms with Crippen LogP contribution >= 0.6 is 31.9 Å². The van der Waals surface area contributed by atoms with Gasteiger partial charge in [0.05, 0.1) is 7.11 Å². The zero-order chi connectivity index (χ0) is 13.0. The topological polar surface area (TPSA) is 9.23 Å². The standard InChI is InChI=1S/C15H20Br2O/c1-18-15-8-7-12(16)10-13(15)14(17)9-11-5-3-2-4-6-11/h7-8,10-11,14H,2-6,9H2,1H3. The second kappa shape index (κ2) is 6.95. The van der Waals surface area contributed by atoms with Crippen molar-refractivity contribution < 1.29 is 4.74 Å². The Labute approximate surface area is 127 Å². The molecular formula is C15H20Br2O. The molecule has 0 aliphatic heterocycles. The van der Waals surface area contributed by atoms with Gasteiger partial charge < -0.3 is 4.74 Å². The molecule has 18 heavy (non-hydrogen) atoms. The molecule has 1 unspecified atom stereocenters. The van der Waals surface area contributed by atoms with Crippen LogP contribution in [0.5, 0.6) is 5.75 Å². The van der Waals surface area contributed by atoms with Gasteiger partial charge in [-0.25, -0.2) is 0 Å². The summed E-state index contributed by atoms with van der Waals surface area (Å²) in [7, 11) is 1.74. The molecule has 1 saturated carbocycles. The van der Waals surface area contributed by atoms with E-state index in [0.717, 1.165) is 16.1 Å². The van der Waals surface area contributed by atoms with Crippen LogP contribution in [0.4, 0.5) is 0 Å². The molecule has 0 amide bonds. The van der Waals surface area contributed by atoms with Crippen LogP contribution in [0.1, 0.15) is 48.9 Å². The first-order valence-corrected chi connectivity index (χ1v) is 8.39. The zero-order valence-electron chi connectivity index (χ0n) is 10.8. The molecule has 1 aromatic rings. The van der Waals surface area contributed by atoms with Crippen molar-refractivity contribution in [2.75, 3.05) is 7.11 Å². The number of hydrogen-bond acceptors (Lipinski definition) is 1. The maximum absolute atomic E-state index is 5.46. The third-order valence-corrected chi connectivity index (χ3v) is 5.15. The Kier molecular flexibility index (Phi) is 5.56. The van der Waals surface area contributed by atoms with Crippen molar-refractivity contribution in [1.82, 2.24) is 0 Å². The third-order valence-electron chi connectivity index (χ3n) is 3.79. The summed E-state index contributed by atoms with van der Waals surface area (Å²) in [5.41, 5.74) is 1.26. The zero-order valence-corrected chi connectivity index (χ0v) is 14.0. The maximum atomic E-state index is 5.46. The quantitative estimate of drug-likeness (QED) is 0.598. The lowest BCUT2D eigenvalue weighted by atomic mass is 9.85. The summed E-state index contributed by atoms with van der Waals surface area (Å²) in [6.45, 7) is 0. The van der Waals surface area contributed by atoms with Gasteiger partial charge in [-0.05, 0) is 30.5 Å². The van der Waals surface area contributed by atoms with Gasteiger partial charge in [-0.3, -0.25) is 0 Å². The second-order valence-electron chi connectivity index (χ2n) is 5.09. The number of hydrogen-bond donors (Lipinski definition) is 0. The third kappa shape index (κ3) is 3.74. The summed E-state index contributed by atoms with van der Waals surface area (Å²) >= 11 is 7.39. The van der Waals surface area contributed by atoms with Crippen molar-refractivity contribution in [2.45, 2.75) is 43.4 Å². The Balaban J connectivity index is 2.07. The van der Waals surface area contributed by atoms with E-state index in [-0.39, 0.29) is 0 Å². The molecule has 100 valence electrons. The molecule has 0 bridgehead atoms. The number of alkyl halides is 1. The van der Waals surface area contributed by atoms with Gasteiger partial charge in [-0.1, -0.05) is 64.0 Å². The number of benzene rings is 1. The molecule has 1 aromatic carbocycles. The Hall–Kier alpha value is -0.0200. The molecule has 1 nitrogen and oxygen atoms in total. The van der Waals surface area contributed by atoms with E-state index in [2.05, 4.69) is 37.9 Å². The lowest BCUT2D eigenvalue weighted by Crippen LogP contribution is -2.09. The van der Waals surface area contributed by atoms with Gasteiger partial charge >= 0.3 is 0 Å². The van der Waals surface area contributed by atoms with Gasteiger partial charge in [0.1, 0.15) is 5.75 Å². The fraction of sp³-hybridized carbons (Fsp3) is 0.600. The van der Waals surface area contributed by atoms with Gasteiger partial charge in [0.25, 0.3) is 0 Å². The fourth-order valence-corrected chi connectivity index (χ4v) is 4.06. The lowest BCUT2D eigenvalue weighted by Gasteiger charge is -2.24. The summed E-state index contributed by atoms with van der Waals surface area (Å²) in [5.74, 6) is 1.85. The predicted octanol–water partition coefficient (Wildman–Crippen LogP) is 5.86. The van der Waals surface area contributed by atoms with E-state index in [4.69, 9.17) is 4.74 Å². The van der Waals surface area contributed by atoms with Crippen molar-refractivity contribution in [3.63, 3.8) is 0 Å². The van der Waals surface area contributed by atoms with E-state index in [1.807, 2.05) is 12.1 Å². The van der Waals surface area contributed by atoms with Gasteiger partial charge in [0, 0.05) is 14.9 Å². The Morgan fingerprint density at radius 2 is 2.00 bits per heavy atom. The van der Waals surface area contributed by atoms with Crippen molar-refractivity contribution in [3.8, 4) is 5.75 Å². The summed E-state index contributed by atoms with van der Waals surface area (Å²) in [6, 6.07) is 6.23. The minimum Gasteiger partial charge on any atom is -0.496 e. The number of methoxy groups -OCH3 is 1. The Bertz CT molecular complexity index is 386. The van der Waals surface area contributed by atoms with E-state index in [9.17, 15) is 0 Å². The smallest absolute Gasteiger partial charge is 0.123 e. The predicted molar refractivity (Wildman–Crippen MR) is 83.6 cm³/mol. The molecule has 3 heteroatoms. The Morgan fingerprint density at radius 3 is 2.67 bits per heavy atom.